The Balaban J connectivity index is 1.82. The molecule has 1 fully saturated rings. The molecule has 8 heteroatoms. The van der Waals surface area contributed by atoms with Crippen LogP contribution < -0.4 is 15.1 Å². The highest BCUT2D eigenvalue weighted by Crippen LogP contribution is 2.07. The molecule has 1 aliphatic rings. The fourth-order valence-electron chi connectivity index (χ4n) is 1.59. The highest BCUT2D eigenvalue weighted by atomic mass is 32.2. The van der Waals surface area contributed by atoms with Crippen molar-refractivity contribution in [2.75, 3.05) is 46.4 Å². The van der Waals surface area contributed by atoms with E-state index in [1.165, 1.54) is 11.8 Å². The van der Waals surface area contributed by atoms with Gasteiger partial charge in [-0.05, 0) is 0 Å². The van der Waals surface area contributed by atoms with Gasteiger partial charge in [-0.3, -0.25) is 14.6 Å². The number of aromatic nitrogens is 2. The lowest BCUT2D eigenvalue weighted by Crippen LogP contribution is -2.61. The third-order valence-electron chi connectivity index (χ3n) is 2.46. The second-order valence-electron chi connectivity index (χ2n) is 3.90. The molecule has 104 valence electrons. The lowest BCUT2D eigenvalue weighted by atomic mass is 10.6. The van der Waals surface area contributed by atoms with Crippen molar-refractivity contribution in [1.82, 2.24) is 5.27 Å². The van der Waals surface area contributed by atoms with Crippen molar-refractivity contribution in [2.45, 2.75) is 0 Å². The lowest BCUT2D eigenvalue weighted by molar-refractivity contribution is -0.757. The summed E-state index contributed by atoms with van der Waals surface area (Å²) >= 11 is 3.43. The van der Waals surface area contributed by atoms with E-state index in [1.807, 2.05) is 11.8 Å². The minimum Gasteiger partial charge on any atom is -0.288 e. The van der Waals surface area contributed by atoms with Gasteiger partial charge in [-0.25, -0.2) is 0 Å². The topological polar surface area (TPSA) is 62.3 Å². The van der Waals surface area contributed by atoms with Crippen molar-refractivity contribution >= 4 is 35.3 Å². The molecule has 2 rings (SSSR count). The SMILES string of the molecule is C=CCSCC(=O)Nc1c[n+](N2CCSCC2)no1. The predicted octanol–water partition coefficient (Wildman–Crippen LogP) is 0.505. The molecule has 1 N–H and O–H groups in total. The van der Waals surface area contributed by atoms with E-state index in [0.29, 0.717) is 11.6 Å². The first-order valence-electron chi connectivity index (χ1n) is 5.99. The standard InChI is InChI=1S/C11H16N4O2S2/c1-2-5-19-9-10(16)12-11-8-15(13-17-11)14-3-6-18-7-4-14/h2,8H,1,3-7,9H2/p+1. The molecule has 0 aromatic carbocycles. The van der Waals surface area contributed by atoms with Crippen molar-refractivity contribution in [3.63, 3.8) is 0 Å². The van der Waals surface area contributed by atoms with Crippen LogP contribution in [0.25, 0.3) is 0 Å². The van der Waals surface area contributed by atoms with E-state index in [1.54, 1.807) is 17.1 Å². The van der Waals surface area contributed by atoms with Gasteiger partial charge in [-0.2, -0.15) is 16.8 Å². The van der Waals surface area contributed by atoms with Crippen molar-refractivity contribution < 1.29 is 14.1 Å². The molecule has 6 nitrogen and oxygen atoms in total. The summed E-state index contributed by atoms with van der Waals surface area (Å²) in [6.07, 6.45) is 3.47. The Morgan fingerprint density at radius 1 is 1.68 bits per heavy atom. The molecule has 2 heterocycles. The minimum atomic E-state index is -0.0932. The summed E-state index contributed by atoms with van der Waals surface area (Å²) in [6, 6.07) is 0. The van der Waals surface area contributed by atoms with E-state index < -0.39 is 0 Å². The van der Waals surface area contributed by atoms with Crippen molar-refractivity contribution in [3.05, 3.63) is 18.9 Å². The third-order valence-corrected chi connectivity index (χ3v) is 4.34. The molecule has 1 aliphatic heterocycles. The fourth-order valence-corrected chi connectivity index (χ4v) is 3.02. The highest BCUT2D eigenvalue weighted by molar-refractivity contribution is 8.00. The minimum absolute atomic E-state index is 0.0932. The predicted molar refractivity (Wildman–Crippen MR) is 78.1 cm³/mol. The molecule has 19 heavy (non-hydrogen) atoms. The van der Waals surface area contributed by atoms with E-state index in [2.05, 4.69) is 22.2 Å². The molecule has 0 saturated carbocycles. The number of anilines is 1. The molecule has 0 aliphatic carbocycles. The Bertz CT molecular complexity index is 432. The van der Waals surface area contributed by atoms with Gasteiger partial charge in [0.15, 0.2) is 0 Å². The molecule has 0 unspecified atom stereocenters. The molecule has 1 saturated heterocycles. The van der Waals surface area contributed by atoms with E-state index in [0.717, 1.165) is 30.3 Å². The normalized spacial score (nSPS) is 15.3. The van der Waals surface area contributed by atoms with Crippen molar-refractivity contribution in [3.8, 4) is 0 Å². The number of hydrogen-bond acceptors (Lipinski definition) is 6. The number of rotatable bonds is 6. The Hall–Kier alpha value is -1.15. The van der Waals surface area contributed by atoms with Crippen LogP contribution in [0.4, 0.5) is 5.88 Å². The molecule has 0 radical (unpaired) electrons. The van der Waals surface area contributed by atoms with Gasteiger partial charge in [0.05, 0.1) is 23.6 Å². The summed E-state index contributed by atoms with van der Waals surface area (Å²) in [7, 11) is 0. The van der Waals surface area contributed by atoms with Gasteiger partial charge in [0.25, 0.3) is 6.20 Å². The van der Waals surface area contributed by atoms with Crippen LogP contribution in [0.3, 0.4) is 0 Å². The number of hydrogen-bond donors (Lipinski definition) is 1. The molecular weight excluding hydrogens is 284 g/mol. The summed E-state index contributed by atoms with van der Waals surface area (Å²) in [4.78, 5) is 13.3. The van der Waals surface area contributed by atoms with Crippen LogP contribution in [0.2, 0.25) is 0 Å². The number of nitrogens with one attached hydrogen (secondary N) is 1. The molecule has 1 aromatic heterocycles. The summed E-state index contributed by atoms with van der Waals surface area (Å²) in [5, 5.41) is 8.68. The second kappa shape index (κ2) is 7.44. The van der Waals surface area contributed by atoms with Gasteiger partial charge in [-0.1, -0.05) is 6.08 Å². The van der Waals surface area contributed by atoms with Crippen molar-refractivity contribution in [1.29, 1.82) is 0 Å². The maximum Gasteiger partial charge on any atom is 0.305 e. The second-order valence-corrected chi connectivity index (χ2v) is 6.16. The summed E-state index contributed by atoms with van der Waals surface area (Å²) in [5.41, 5.74) is 0. The first-order valence-corrected chi connectivity index (χ1v) is 8.30. The number of carbonyl (C=O) groups excluding carboxylic acids is 1. The Morgan fingerprint density at radius 2 is 2.47 bits per heavy atom. The van der Waals surface area contributed by atoms with E-state index in [4.69, 9.17) is 4.52 Å². The fraction of sp³-hybridized carbons (Fsp3) is 0.545. The maximum atomic E-state index is 11.6. The van der Waals surface area contributed by atoms with Gasteiger partial charge in [0.2, 0.25) is 11.2 Å². The number of nitrogens with zero attached hydrogens (tertiary/aromatic N) is 3. The van der Waals surface area contributed by atoms with Crippen molar-refractivity contribution in [2.24, 2.45) is 0 Å². The number of thioether (sulfide) groups is 2. The van der Waals surface area contributed by atoms with Crippen LogP contribution in [0.1, 0.15) is 0 Å². The Labute approximate surface area is 120 Å². The van der Waals surface area contributed by atoms with Gasteiger partial charge >= 0.3 is 5.88 Å². The average molecular weight is 301 g/mol. The smallest absolute Gasteiger partial charge is 0.288 e. The zero-order chi connectivity index (χ0) is 13.5. The highest BCUT2D eigenvalue weighted by Gasteiger charge is 2.23. The summed E-state index contributed by atoms with van der Waals surface area (Å²) in [5.74, 6) is 3.59. The quantitative estimate of drug-likeness (QED) is 0.469. The van der Waals surface area contributed by atoms with Gasteiger partial charge in [0.1, 0.15) is 0 Å². The monoisotopic (exact) mass is 301 g/mol. The molecule has 0 spiro atoms. The Morgan fingerprint density at radius 3 is 3.21 bits per heavy atom. The van der Waals surface area contributed by atoms with E-state index in [9.17, 15) is 4.79 Å². The van der Waals surface area contributed by atoms with Crippen LogP contribution in [0.5, 0.6) is 0 Å². The number of carbonyl (C=O) groups is 1. The van der Waals surface area contributed by atoms with Crippen LogP contribution in [-0.2, 0) is 4.79 Å². The van der Waals surface area contributed by atoms with E-state index in [-0.39, 0.29) is 5.91 Å². The van der Waals surface area contributed by atoms with Gasteiger partial charge < -0.3 is 0 Å². The Kier molecular flexibility index (Phi) is 5.59. The lowest BCUT2D eigenvalue weighted by Gasteiger charge is -2.17. The maximum absolute atomic E-state index is 11.6. The zero-order valence-electron chi connectivity index (χ0n) is 10.6. The van der Waals surface area contributed by atoms with Crippen LogP contribution in [0, 0.1) is 0 Å². The molecule has 0 bridgehead atoms. The summed E-state index contributed by atoms with van der Waals surface area (Å²) in [6.45, 7) is 5.47. The average Bonchev–Trinajstić information content (AvgIpc) is 2.88. The first kappa shape index (κ1) is 14.3. The van der Waals surface area contributed by atoms with E-state index >= 15 is 0 Å². The van der Waals surface area contributed by atoms with Gasteiger partial charge in [-0.15, -0.1) is 18.3 Å². The van der Waals surface area contributed by atoms with Crippen LogP contribution >= 0.6 is 23.5 Å². The molecule has 1 amide bonds. The van der Waals surface area contributed by atoms with Crippen LogP contribution in [-0.4, -0.2) is 47.3 Å². The number of amides is 1. The molecule has 0 atom stereocenters. The first-order chi connectivity index (χ1) is 9.29. The summed E-state index contributed by atoms with van der Waals surface area (Å²) < 4.78 is 5.10. The third kappa shape index (κ3) is 4.46. The van der Waals surface area contributed by atoms with Crippen LogP contribution in [0.15, 0.2) is 23.4 Å². The van der Waals surface area contributed by atoms with Gasteiger partial charge in [0, 0.05) is 17.3 Å². The molecule has 1 aromatic rings. The zero-order valence-corrected chi connectivity index (χ0v) is 12.2. The largest absolute Gasteiger partial charge is 0.305 e. The molecular formula is C11H17N4O2S2+.